The van der Waals surface area contributed by atoms with Gasteiger partial charge in [0.15, 0.2) is 6.10 Å². The lowest BCUT2D eigenvalue weighted by Crippen LogP contribution is -2.28. The monoisotopic (exact) mass is 1070 g/mol. The molecule has 0 aliphatic heterocycles. The molecule has 0 heterocycles. The maximum atomic E-state index is 12.3. The van der Waals surface area contributed by atoms with Crippen molar-refractivity contribution in [2.45, 2.75) is 225 Å². The number of esters is 2. The van der Waals surface area contributed by atoms with Crippen molar-refractivity contribution in [3.63, 3.8) is 0 Å². The number of aliphatic hydroxyl groups excluding tert-OH is 1. The van der Waals surface area contributed by atoms with Crippen LogP contribution in [0.5, 0.6) is 0 Å². The van der Waals surface area contributed by atoms with Crippen LogP contribution in [-0.2, 0) is 19.1 Å². The third kappa shape index (κ3) is 63.0. The Kier molecular flexibility index (Phi) is 61.1. The minimum atomic E-state index is -0.812. The standard InChI is InChI=1S/C73H110O5/c1-3-5-7-9-11-13-15-17-19-21-23-25-27-29-31-32-33-34-35-36-37-38-39-40-42-44-46-48-50-52-54-56-58-60-62-64-66-68-73(76)78-71(69-74)70-77-72(75)67-65-63-61-59-57-55-53-51-49-47-45-43-41-30-28-26-24-22-20-18-16-14-12-10-8-6-4-2/h5-8,11-14,17-20,23-26,29-31,33-34,36-37,39-41,44-47,51,53,57,59,71,74H,3-4,9-10,15-16,21-22,27-28,32,35,38,42-43,48-50,52,54-56,58,60-70H2,1-2H3/b7-5-,8-6-,13-11-,14-12-,19-17-,20-18-,25-23-,26-24-,31-29-,34-33-,37-36-,40-39-,41-30-,46-44-,47-45-,53-51-,59-57-. The largest absolute Gasteiger partial charge is 0.462 e. The van der Waals surface area contributed by atoms with Gasteiger partial charge in [0.1, 0.15) is 6.61 Å². The number of ether oxygens (including phenoxy) is 2. The Morgan fingerprint density at radius 3 is 0.795 bits per heavy atom. The third-order valence-corrected chi connectivity index (χ3v) is 12.1. The summed E-state index contributed by atoms with van der Waals surface area (Å²) in [5.41, 5.74) is 0. The summed E-state index contributed by atoms with van der Waals surface area (Å²) in [7, 11) is 0. The van der Waals surface area contributed by atoms with E-state index in [-0.39, 0.29) is 25.2 Å². The molecule has 0 radical (unpaired) electrons. The van der Waals surface area contributed by atoms with Crippen molar-refractivity contribution < 1.29 is 24.2 Å². The fourth-order valence-corrected chi connectivity index (χ4v) is 7.56. The summed E-state index contributed by atoms with van der Waals surface area (Å²) in [5, 5.41) is 9.67. The predicted octanol–water partition coefficient (Wildman–Crippen LogP) is 21.4. The van der Waals surface area contributed by atoms with E-state index < -0.39 is 6.10 Å². The molecule has 0 aliphatic rings. The van der Waals surface area contributed by atoms with E-state index in [1.54, 1.807) is 0 Å². The van der Waals surface area contributed by atoms with Gasteiger partial charge in [0.2, 0.25) is 0 Å². The first kappa shape index (κ1) is 72.5. The molecular weight excluding hydrogens is 957 g/mol. The van der Waals surface area contributed by atoms with E-state index in [0.717, 1.165) is 154 Å². The molecule has 0 saturated heterocycles. The van der Waals surface area contributed by atoms with Gasteiger partial charge in [0.05, 0.1) is 6.61 Å². The van der Waals surface area contributed by atoms with E-state index in [0.29, 0.717) is 12.8 Å². The van der Waals surface area contributed by atoms with E-state index in [9.17, 15) is 14.7 Å². The zero-order valence-corrected chi connectivity index (χ0v) is 49.3. The second-order valence-corrected chi connectivity index (χ2v) is 19.3. The zero-order chi connectivity index (χ0) is 56.2. The molecule has 0 saturated carbocycles. The van der Waals surface area contributed by atoms with E-state index >= 15 is 0 Å². The van der Waals surface area contributed by atoms with Crippen molar-refractivity contribution in [1.29, 1.82) is 0 Å². The Labute approximate surface area is 479 Å². The number of carbonyl (C=O) groups is 2. The average Bonchev–Trinajstić information content (AvgIpc) is 3.44. The van der Waals surface area contributed by atoms with Crippen molar-refractivity contribution in [3.8, 4) is 0 Å². The summed E-state index contributed by atoms with van der Waals surface area (Å²) in [4.78, 5) is 24.6. The summed E-state index contributed by atoms with van der Waals surface area (Å²) < 4.78 is 10.7. The normalized spacial score (nSPS) is 13.7. The van der Waals surface area contributed by atoms with Gasteiger partial charge in [0.25, 0.3) is 0 Å². The molecule has 78 heavy (non-hydrogen) atoms. The molecule has 0 rings (SSSR count). The predicted molar refractivity (Wildman–Crippen MR) is 342 cm³/mol. The van der Waals surface area contributed by atoms with Crippen LogP contribution in [0.1, 0.15) is 219 Å². The van der Waals surface area contributed by atoms with Gasteiger partial charge in [-0.2, -0.15) is 0 Å². The van der Waals surface area contributed by atoms with Gasteiger partial charge < -0.3 is 14.6 Å². The van der Waals surface area contributed by atoms with Crippen LogP contribution in [0.4, 0.5) is 0 Å². The van der Waals surface area contributed by atoms with Crippen LogP contribution in [0, 0.1) is 0 Å². The van der Waals surface area contributed by atoms with Crippen molar-refractivity contribution in [1.82, 2.24) is 0 Å². The lowest BCUT2D eigenvalue weighted by Gasteiger charge is -2.15. The second-order valence-electron chi connectivity index (χ2n) is 19.3. The quantitative estimate of drug-likeness (QED) is 0.0373. The van der Waals surface area contributed by atoms with Crippen LogP contribution in [0.25, 0.3) is 0 Å². The topological polar surface area (TPSA) is 72.8 Å². The highest BCUT2D eigenvalue weighted by Gasteiger charge is 2.16. The number of rotatable bonds is 53. The Morgan fingerprint density at radius 2 is 0.513 bits per heavy atom. The highest BCUT2D eigenvalue weighted by Crippen LogP contribution is 2.13. The first-order valence-electron chi connectivity index (χ1n) is 30.6. The minimum Gasteiger partial charge on any atom is -0.462 e. The molecule has 0 spiro atoms. The Morgan fingerprint density at radius 1 is 0.295 bits per heavy atom. The van der Waals surface area contributed by atoms with Crippen LogP contribution < -0.4 is 0 Å². The molecule has 432 valence electrons. The van der Waals surface area contributed by atoms with E-state index in [1.165, 1.54) is 38.5 Å². The molecule has 0 aromatic heterocycles. The fraction of sp³-hybridized carbons (Fsp3) is 0.507. The van der Waals surface area contributed by atoms with Gasteiger partial charge in [-0.1, -0.05) is 265 Å². The first-order chi connectivity index (χ1) is 38.6. The maximum Gasteiger partial charge on any atom is 0.306 e. The van der Waals surface area contributed by atoms with E-state index in [2.05, 4.69) is 220 Å². The third-order valence-electron chi connectivity index (χ3n) is 12.1. The maximum absolute atomic E-state index is 12.3. The van der Waals surface area contributed by atoms with Crippen LogP contribution in [0.3, 0.4) is 0 Å². The van der Waals surface area contributed by atoms with Crippen LogP contribution in [0.2, 0.25) is 0 Å². The van der Waals surface area contributed by atoms with Gasteiger partial charge in [-0.25, -0.2) is 0 Å². The number of unbranched alkanes of at least 4 members (excludes halogenated alkanes) is 11. The smallest absolute Gasteiger partial charge is 0.306 e. The van der Waals surface area contributed by atoms with Crippen molar-refractivity contribution >= 4 is 11.9 Å². The number of carbonyl (C=O) groups excluding carboxylic acids is 2. The van der Waals surface area contributed by atoms with Crippen LogP contribution >= 0.6 is 0 Å². The molecule has 0 aromatic carbocycles. The average molecular weight is 1070 g/mol. The number of aliphatic hydroxyl groups is 1. The van der Waals surface area contributed by atoms with Gasteiger partial charge in [0, 0.05) is 12.8 Å². The molecule has 1 N–H and O–H groups in total. The van der Waals surface area contributed by atoms with Crippen LogP contribution in [-0.4, -0.2) is 36.4 Å². The lowest BCUT2D eigenvalue weighted by molar-refractivity contribution is -0.161. The van der Waals surface area contributed by atoms with Gasteiger partial charge in [-0.05, 0) is 148 Å². The molecule has 5 nitrogen and oxygen atoms in total. The summed E-state index contributed by atoms with van der Waals surface area (Å²) in [6, 6.07) is 0. The number of hydrogen-bond acceptors (Lipinski definition) is 5. The highest BCUT2D eigenvalue weighted by molar-refractivity contribution is 5.70. The summed E-state index contributed by atoms with van der Waals surface area (Å²) in [5.74, 6) is -0.666. The molecule has 1 unspecified atom stereocenters. The van der Waals surface area contributed by atoms with Gasteiger partial charge >= 0.3 is 11.9 Å². The molecule has 0 aliphatic carbocycles. The molecule has 0 bridgehead atoms. The van der Waals surface area contributed by atoms with Crippen molar-refractivity contribution in [3.05, 3.63) is 207 Å². The molecule has 5 heteroatoms. The van der Waals surface area contributed by atoms with E-state index in [4.69, 9.17) is 9.47 Å². The number of hydrogen-bond donors (Lipinski definition) is 1. The summed E-state index contributed by atoms with van der Waals surface area (Å²) >= 11 is 0. The van der Waals surface area contributed by atoms with Crippen LogP contribution in [0.15, 0.2) is 207 Å². The molecule has 0 aromatic rings. The lowest BCUT2D eigenvalue weighted by atomic mass is 10.1. The van der Waals surface area contributed by atoms with Gasteiger partial charge in [-0.15, -0.1) is 0 Å². The SMILES string of the molecule is CC/C=C\C/C=C\C/C=C\C/C=C\C/C=C\C/C=C\C/C=C\C/C=C\C/C=C\CCCCCCCCCCCC(=O)OC(CO)COC(=O)CCCC/C=C\C/C=C\C/C=C\C/C=C\C/C=C\C/C=C\C/C=C\C/C=C\CC. The number of allylic oxidation sites excluding steroid dienone is 34. The molecule has 1 atom stereocenters. The zero-order valence-electron chi connectivity index (χ0n) is 49.3. The van der Waals surface area contributed by atoms with Crippen molar-refractivity contribution in [2.24, 2.45) is 0 Å². The van der Waals surface area contributed by atoms with Crippen molar-refractivity contribution in [2.75, 3.05) is 13.2 Å². The highest BCUT2D eigenvalue weighted by atomic mass is 16.6. The van der Waals surface area contributed by atoms with Gasteiger partial charge in [-0.3, -0.25) is 9.59 Å². The van der Waals surface area contributed by atoms with E-state index in [1.807, 2.05) is 0 Å². The Bertz CT molecular complexity index is 1880. The molecule has 0 amide bonds. The Hall–Kier alpha value is -5.52. The second kappa shape index (κ2) is 65.8. The first-order valence-corrected chi connectivity index (χ1v) is 30.6. The summed E-state index contributed by atoms with van der Waals surface area (Å²) in [6.07, 6.45) is 107. The summed E-state index contributed by atoms with van der Waals surface area (Å²) in [6.45, 7) is 3.85. The molecular formula is C73H110O5. The fourth-order valence-electron chi connectivity index (χ4n) is 7.56. The Balaban J connectivity index is 3.68. The molecule has 0 fully saturated rings. The minimum absolute atomic E-state index is 0.106.